The topological polar surface area (TPSA) is 81.6 Å². The number of hydrogen-bond donors (Lipinski definition) is 2. The number of carbonyl (C=O) groups excluding carboxylic acids is 1. The molecular formula is C9H17N3O2. The molecule has 2 bridgehead atoms. The standard InChI is InChI=1S/C9H17N3O2/c10-8(9(11)13)5-12-3-6-1-2-7(4-12)14-6/h6-8H,1-5,10H2,(H2,11,13). The van der Waals surface area contributed by atoms with Crippen molar-refractivity contribution in [3.05, 3.63) is 0 Å². The van der Waals surface area contributed by atoms with E-state index in [2.05, 4.69) is 4.90 Å². The van der Waals surface area contributed by atoms with Gasteiger partial charge in [0.05, 0.1) is 18.2 Å². The second-order valence-electron chi connectivity index (χ2n) is 4.18. The zero-order valence-corrected chi connectivity index (χ0v) is 8.19. The normalized spacial score (nSPS) is 34.4. The molecule has 2 fully saturated rings. The molecule has 0 aromatic heterocycles. The first-order valence-corrected chi connectivity index (χ1v) is 5.08. The van der Waals surface area contributed by atoms with E-state index in [9.17, 15) is 4.79 Å². The Kier molecular flexibility index (Phi) is 2.71. The molecule has 1 amide bonds. The summed E-state index contributed by atoms with van der Waals surface area (Å²) in [5, 5.41) is 0. The summed E-state index contributed by atoms with van der Waals surface area (Å²) in [4.78, 5) is 13.0. The van der Waals surface area contributed by atoms with Gasteiger partial charge in [0.2, 0.25) is 5.91 Å². The third-order valence-corrected chi connectivity index (χ3v) is 2.94. The Morgan fingerprint density at radius 2 is 2.00 bits per heavy atom. The number of rotatable bonds is 3. The highest BCUT2D eigenvalue weighted by Crippen LogP contribution is 2.25. The van der Waals surface area contributed by atoms with Crippen LogP contribution in [0.25, 0.3) is 0 Å². The zero-order chi connectivity index (χ0) is 10.1. The second kappa shape index (κ2) is 3.84. The van der Waals surface area contributed by atoms with Crippen molar-refractivity contribution in [1.29, 1.82) is 0 Å². The molecule has 5 nitrogen and oxygen atoms in total. The molecule has 0 aromatic rings. The summed E-state index contributed by atoms with van der Waals surface area (Å²) in [7, 11) is 0. The maximum Gasteiger partial charge on any atom is 0.235 e. The van der Waals surface area contributed by atoms with E-state index in [0.717, 1.165) is 25.9 Å². The second-order valence-corrected chi connectivity index (χ2v) is 4.18. The van der Waals surface area contributed by atoms with E-state index in [1.165, 1.54) is 0 Å². The summed E-state index contributed by atoms with van der Waals surface area (Å²) < 4.78 is 5.67. The molecule has 0 saturated carbocycles. The fraction of sp³-hybridized carbons (Fsp3) is 0.889. The van der Waals surface area contributed by atoms with E-state index in [0.29, 0.717) is 18.8 Å². The molecule has 0 aliphatic carbocycles. The van der Waals surface area contributed by atoms with Gasteiger partial charge in [-0.25, -0.2) is 0 Å². The predicted molar refractivity (Wildman–Crippen MR) is 51.5 cm³/mol. The van der Waals surface area contributed by atoms with Gasteiger partial charge in [0.1, 0.15) is 0 Å². The molecule has 0 aromatic carbocycles. The van der Waals surface area contributed by atoms with Crippen LogP contribution in [0.4, 0.5) is 0 Å². The number of hydrogen-bond acceptors (Lipinski definition) is 4. The summed E-state index contributed by atoms with van der Waals surface area (Å²) in [6.45, 7) is 2.33. The molecule has 2 heterocycles. The van der Waals surface area contributed by atoms with Gasteiger partial charge in [-0.3, -0.25) is 9.69 Å². The van der Waals surface area contributed by atoms with Crippen molar-refractivity contribution >= 4 is 5.91 Å². The lowest BCUT2D eigenvalue weighted by Crippen LogP contribution is -2.51. The van der Waals surface area contributed by atoms with Crippen LogP contribution in [0.15, 0.2) is 0 Å². The minimum Gasteiger partial charge on any atom is -0.372 e. The van der Waals surface area contributed by atoms with Crippen LogP contribution in [-0.2, 0) is 9.53 Å². The van der Waals surface area contributed by atoms with E-state index in [1.54, 1.807) is 0 Å². The molecule has 2 aliphatic heterocycles. The number of amides is 1. The fourth-order valence-corrected chi connectivity index (χ4v) is 2.22. The minimum atomic E-state index is -0.549. The lowest BCUT2D eigenvalue weighted by Gasteiger charge is -2.32. The van der Waals surface area contributed by atoms with Crippen LogP contribution in [-0.4, -0.2) is 48.7 Å². The van der Waals surface area contributed by atoms with Crippen LogP contribution in [0.1, 0.15) is 12.8 Å². The van der Waals surface area contributed by atoms with E-state index in [1.807, 2.05) is 0 Å². The number of morpholine rings is 1. The van der Waals surface area contributed by atoms with E-state index in [4.69, 9.17) is 16.2 Å². The molecule has 2 saturated heterocycles. The number of carbonyl (C=O) groups is 1. The Bertz CT molecular complexity index is 222. The quantitative estimate of drug-likeness (QED) is 0.589. The Labute approximate surface area is 83.4 Å². The fourth-order valence-electron chi connectivity index (χ4n) is 2.22. The number of primary amides is 1. The Balaban J connectivity index is 1.84. The van der Waals surface area contributed by atoms with Crippen molar-refractivity contribution in [1.82, 2.24) is 4.90 Å². The highest BCUT2D eigenvalue weighted by molar-refractivity contribution is 5.79. The van der Waals surface area contributed by atoms with E-state index in [-0.39, 0.29) is 0 Å². The van der Waals surface area contributed by atoms with Crippen molar-refractivity contribution in [3.63, 3.8) is 0 Å². The van der Waals surface area contributed by atoms with Gasteiger partial charge in [-0.15, -0.1) is 0 Å². The maximum atomic E-state index is 10.8. The Hall–Kier alpha value is -0.650. The van der Waals surface area contributed by atoms with Crippen LogP contribution in [0.2, 0.25) is 0 Å². The Morgan fingerprint density at radius 3 is 2.50 bits per heavy atom. The van der Waals surface area contributed by atoms with Gasteiger partial charge in [0.15, 0.2) is 0 Å². The molecule has 80 valence electrons. The van der Waals surface area contributed by atoms with Crippen molar-refractivity contribution in [2.45, 2.75) is 31.1 Å². The highest BCUT2D eigenvalue weighted by atomic mass is 16.5. The molecule has 5 heteroatoms. The van der Waals surface area contributed by atoms with Crippen LogP contribution in [0, 0.1) is 0 Å². The average molecular weight is 199 g/mol. The minimum absolute atomic E-state index is 0.342. The molecule has 14 heavy (non-hydrogen) atoms. The van der Waals surface area contributed by atoms with E-state index >= 15 is 0 Å². The third-order valence-electron chi connectivity index (χ3n) is 2.94. The van der Waals surface area contributed by atoms with Gasteiger partial charge >= 0.3 is 0 Å². The molecule has 3 atom stereocenters. The van der Waals surface area contributed by atoms with Crippen molar-refractivity contribution in [2.24, 2.45) is 11.5 Å². The van der Waals surface area contributed by atoms with Gasteiger partial charge in [0, 0.05) is 19.6 Å². The summed E-state index contributed by atoms with van der Waals surface area (Å²) in [6, 6.07) is -0.549. The first-order valence-electron chi connectivity index (χ1n) is 5.08. The van der Waals surface area contributed by atoms with Crippen LogP contribution in [0.5, 0.6) is 0 Å². The van der Waals surface area contributed by atoms with Gasteiger partial charge < -0.3 is 16.2 Å². The average Bonchev–Trinajstić information content (AvgIpc) is 2.45. The van der Waals surface area contributed by atoms with Gasteiger partial charge in [-0.1, -0.05) is 0 Å². The number of nitrogens with zero attached hydrogens (tertiary/aromatic N) is 1. The summed E-state index contributed by atoms with van der Waals surface area (Å²) >= 11 is 0. The molecule has 0 spiro atoms. The molecule has 2 aliphatic rings. The molecule has 2 rings (SSSR count). The molecule has 3 unspecified atom stereocenters. The van der Waals surface area contributed by atoms with Crippen LogP contribution in [0.3, 0.4) is 0 Å². The lowest BCUT2D eigenvalue weighted by atomic mass is 10.2. The summed E-state index contributed by atoms with van der Waals surface area (Å²) in [5.41, 5.74) is 10.7. The number of ether oxygens (including phenoxy) is 1. The summed E-state index contributed by atoms with van der Waals surface area (Å²) in [6.07, 6.45) is 2.95. The third kappa shape index (κ3) is 2.05. The van der Waals surface area contributed by atoms with Gasteiger partial charge in [-0.05, 0) is 12.8 Å². The van der Waals surface area contributed by atoms with Crippen molar-refractivity contribution in [2.75, 3.05) is 19.6 Å². The van der Waals surface area contributed by atoms with Crippen LogP contribution >= 0.6 is 0 Å². The lowest BCUT2D eigenvalue weighted by molar-refractivity contribution is -0.120. The van der Waals surface area contributed by atoms with Crippen molar-refractivity contribution < 1.29 is 9.53 Å². The van der Waals surface area contributed by atoms with Crippen molar-refractivity contribution in [3.8, 4) is 0 Å². The monoisotopic (exact) mass is 199 g/mol. The number of fused-ring (bicyclic) bond motifs is 2. The predicted octanol–water partition coefficient (Wildman–Crippen LogP) is -1.34. The van der Waals surface area contributed by atoms with Gasteiger partial charge in [-0.2, -0.15) is 0 Å². The zero-order valence-electron chi connectivity index (χ0n) is 8.19. The summed E-state index contributed by atoms with van der Waals surface area (Å²) in [5.74, 6) is -0.427. The Morgan fingerprint density at radius 1 is 1.43 bits per heavy atom. The van der Waals surface area contributed by atoms with Crippen LogP contribution < -0.4 is 11.5 Å². The maximum absolute atomic E-state index is 10.8. The largest absolute Gasteiger partial charge is 0.372 e. The van der Waals surface area contributed by atoms with E-state index < -0.39 is 11.9 Å². The number of likely N-dealkylation sites (tertiary alicyclic amines) is 1. The van der Waals surface area contributed by atoms with Gasteiger partial charge in [0.25, 0.3) is 0 Å². The smallest absolute Gasteiger partial charge is 0.235 e. The SMILES string of the molecule is NC(=O)C(N)CN1CC2CCC(C1)O2. The first kappa shape index (κ1) is 9.89. The highest BCUT2D eigenvalue weighted by Gasteiger charge is 2.34. The number of nitrogens with two attached hydrogens (primary N) is 2. The molecule has 0 radical (unpaired) electrons. The molecular weight excluding hydrogens is 182 g/mol. The first-order chi connectivity index (χ1) is 6.65. The molecule has 4 N–H and O–H groups in total.